The van der Waals surface area contributed by atoms with E-state index in [9.17, 15) is 22.4 Å². The number of hydrogen-bond donors (Lipinski definition) is 2. The number of rotatable bonds is 4. The molecule has 1 aromatic carbocycles. The summed E-state index contributed by atoms with van der Waals surface area (Å²) >= 11 is 0. The fourth-order valence-corrected chi connectivity index (χ4v) is 3.29. The Morgan fingerprint density at radius 2 is 2.04 bits per heavy atom. The van der Waals surface area contributed by atoms with Gasteiger partial charge in [-0.25, -0.2) is 4.39 Å². The summed E-state index contributed by atoms with van der Waals surface area (Å²) in [7, 11) is 0. The number of anilines is 1. The van der Waals surface area contributed by atoms with Gasteiger partial charge in [-0.15, -0.1) is 0 Å². The van der Waals surface area contributed by atoms with Crippen molar-refractivity contribution in [3.63, 3.8) is 0 Å². The Bertz CT molecular complexity index is 627. The number of carbonyl (C=O) groups excluding carboxylic acids is 1. The first-order chi connectivity index (χ1) is 11.3. The maximum atomic E-state index is 13.3. The number of carbonyl (C=O) groups is 1. The van der Waals surface area contributed by atoms with E-state index in [4.69, 9.17) is 0 Å². The highest BCUT2D eigenvalue weighted by Crippen LogP contribution is 2.58. The Balaban J connectivity index is 1.67. The van der Waals surface area contributed by atoms with Crippen LogP contribution in [0.3, 0.4) is 0 Å². The minimum atomic E-state index is -4.54. The lowest BCUT2D eigenvalue weighted by Gasteiger charge is -2.23. The molecule has 1 aromatic rings. The van der Waals surface area contributed by atoms with E-state index in [1.807, 2.05) is 0 Å². The van der Waals surface area contributed by atoms with Crippen LogP contribution in [0.15, 0.2) is 18.2 Å². The van der Waals surface area contributed by atoms with E-state index in [0.29, 0.717) is 0 Å². The van der Waals surface area contributed by atoms with Gasteiger partial charge in [0, 0.05) is 12.0 Å². The van der Waals surface area contributed by atoms with Crippen molar-refractivity contribution in [2.75, 3.05) is 25.0 Å². The molecule has 1 atom stereocenters. The SMILES string of the molecule is O=C(Nc1ccc(F)cc1OCC(F)(F)F)[C@@H]1CC12CCNCC2. The van der Waals surface area contributed by atoms with E-state index < -0.39 is 18.6 Å². The molecule has 1 aliphatic carbocycles. The first-order valence-corrected chi connectivity index (χ1v) is 7.80. The maximum Gasteiger partial charge on any atom is 0.422 e. The molecule has 4 nitrogen and oxygen atoms in total. The molecule has 0 bridgehead atoms. The number of amides is 1. The molecule has 1 amide bonds. The number of alkyl halides is 3. The summed E-state index contributed by atoms with van der Waals surface area (Å²) in [5.41, 5.74) is 0.0594. The first kappa shape index (κ1) is 17.0. The van der Waals surface area contributed by atoms with Gasteiger partial charge in [0.2, 0.25) is 5.91 Å². The Morgan fingerprint density at radius 1 is 1.33 bits per heavy atom. The monoisotopic (exact) mass is 346 g/mol. The Kier molecular flexibility index (Phi) is 4.42. The van der Waals surface area contributed by atoms with Crippen molar-refractivity contribution in [1.29, 1.82) is 0 Å². The molecule has 0 unspecified atom stereocenters. The molecular formula is C16H18F4N2O2. The number of benzene rings is 1. The van der Waals surface area contributed by atoms with E-state index in [-0.39, 0.29) is 28.7 Å². The lowest BCUT2D eigenvalue weighted by molar-refractivity contribution is -0.153. The van der Waals surface area contributed by atoms with Crippen LogP contribution in [0, 0.1) is 17.2 Å². The average molecular weight is 346 g/mol. The van der Waals surface area contributed by atoms with Gasteiger partial charge >= 0.3 is 6.18 Å². The van der Waals surface area contributed by atoms with Gasteiger partial charge in [0.15, 0.2) is 6.61 Å². The van der Waals surface area contributed by atoms with Crippen molar-refractivity contribution in [1.82, 2.24) is 5.32 Å². The third-order valence-electron chi connectivity index (χ3n) is 4.70. The number of piperidine rings is 1. The highest BCUT2D eigenvalue weighted by Gasteiger charge is 2.57. The van der Waals surface area contributed by atoms with Crippen LogP contribution in [0.5, 0.6) is 5.75 Å². The molecule has 1 spiro atoms. The van der Waals surface area contributed by atoms with Gasteiger partial charge in [-0.2, -0.15) is 13.2 Å². The molecular weight excluding hydrogens is 328 g/mol. The average Bonchev–Trinajstić information content (AvgIpc) is 3.20. The highest BCUT2D eigenvalue weighted by atomic mass is 19.4. The van der Waals surface area contributed by atoms with Crippen LogP contribution in [0.25, 0.3) is 0 Å². The molecule has 3 rings (SSSR count). The van der Waals surface area contributed by atoms with E-state index in [0.717, 1.165) is 44.5 Å². The minimum absolute atomic E-state index is 0.00234. The number of nitrogens with one attached hydrogen (secondary N) is 2. The van der Waals surface area contributed by atoms with E-state index in [2.05, 4.69) is 15.4 Å². The molecule has 2 N–H and O–H groups in total. The standard InChI is InChI=1S/C16H18F4N2O2/c17-10-1-2-12(13(7-10)24-9-16(18,19)20)22-14(23)11-8-15(11)3-5-21-6-4-15/h1-2,7,11,21H,3-6,8-9H2,(H,22,23)/t11-/m0/s1. The maximum absolute atomic E-state index is 13.3. The summed E-state index contributed by atoms with van der Waals surface area (Å²) in [6.07, 6.45) is -1.94. The zero-order valence-electron chi connectivity index (χ0n) is 12.9. The lowest BCUT2D eigenvalue weighted by Crippen LogP contribution is -2.31. The van der Waals surface area contributed by atoms with Gasteiger partial charge in [0.05, 0.1) is 5.69 Å². The summed E-state index contributed by atoms with van der Waals surface area (Å²) in [6, 6.07) is 3.13. The second-order valence-electron chi connectivity index (χ2n) is 6.40. The van der Waals surface area contributed by atoms with Crippen LogP contribution in [0.4, 0.5) is 23.2 Å². The van der Waals surface area contributed by atoms with Crippen LogP contribution in [0.2, 0.25) is 0 Å². The summed E-state index contributed by atoms with van der Waals surface area (Å²) in [6.45, 7) is 0.179. The molecule has 24 heavy (non-hydrogen) atoms. The molecule has 132 valence electrons. The second kappa shape index (κ2) is 6.23. The summed E-state index contributed by atoms with van der Waals surface area (Å²) in [4.78, 5) is 12.4. The summed E-state index contributed by atoms with van der Waals surface area (Å²) in [5, 5.41) is 5.82. The fourth-order valence-electron chi connectivity index (χ4n) is 3.29. The Morgan fingerprint density at radius 3 is 2.71 bits per heavy atom. The fraction of sp³-hybridized carbons (Fsp3) is 0.562. The van der Waals surface area contributed by atoms with Crippen molar-refractivity contribution in [3.8, 4) is 5.75 Å². The van der Waals surface area contributed by atoms with Gasteiger partial charge in [-0.3, -0.25) is 4.79 Å². The number of halogens is 4. The van der Waals surface area contributed by atoms with E-state index in [1.165, 1.54) is 6.07 Å². The lowest BCUT2D eigenvalue weighted by atomic mass is 9.92. The number of ether oxygens (including phenoxy) is 1. The van der Waals surface area contributed by atoms with Crippen molar-refractivity contribution in [3.05, 3.63) is 24.0 Å². The zero-order valence-corrected chi connectivity index (χ0v) is 12.9. The third kappa shape index (κ3) is 3.80. The van der Waals surface area contributed by atoms with Crippen LogP contribution in [-0.4, -0.2) is 31.8 Å². The molecule has 0 radical (unpaired) electrons. The smallest absolute Gasteiger partial charge is 0.422 e. The largest absolute Gasteiger partial charge is 0.482 e. The topological polar surface area (TPSA) is 50.4 Å². The third-order valence-corrected chi connectivity index (χ3v) is 4.70. The van der Waals surface area contributed by atoms with Crippen LogP contribution < -0.4 is 15.4 Å². The van der Waals surface area contributed by atoms with E-state index >= 15 is 0 Å². The Labute approximate surface area is 136 Å². The molecule has 1 heterocycles. The van der Waals surface area contributed by atoms with Crippen molar-refractivity contribution >= 4 is 11.6 Å². The molecule has 2 aliphatic rings. The zero-order chi connectivity index (χ0) is 17.4. The van der Waals surface area contributed by atoms with Crippen molar-refractivity contribution in [2.45, 2.75) is 25.4 Å². The predicted molar refractivity (Wildman–Crippen MR) is 79.2 cm³/mol. The van der Waals surface area contributed by atoms with Crippen LogP contribution in [-0.2, 0) is 4.79 Å². The number of hydrogen-bond acceptors (Lipinski definition) is 3. The predicted octanol–water partition coefficient (Wildman–Crippen LogP) is 3.10. The van der Waals surface area contributed by atoms with Crippen LogP contribution in [0.1, 0.15) is 19.3 Å². The molecule has 0 aromatic heterocycles. The highest BCUT2D eigenvalue weighted by molar-refractivity contribution is 5.96. The molecule has 1 aliphatic heterocycles. The quantitative estimate of drug-likeness (QED) is 0.824. The molecule has 1 saturated carbocycles. The van der Waals surface area contributed by atoms with Crippen molar-refractivity contribution in [2.24, 2.45) is 11.3 Å². The van der Waals surface area contributed by atoms with Gasteiger partial charge in [0.1, 0.15) is 11.6 Å². The molecule has 8 heteroatoms. The molecule has 2 fully saturated rings. The van der Waals surface area contributed by atoms with Gasteiger partial charge in [-0.05, 0) is 49.9 Å². The Hall–Kier alpha value is -1.83. The minimum Gasteiger partial charge on any atom is -0.482 e. The summed E-state index contributed by atoms with van der Waals surface area (Å²) < 4.78 is 54.8. The first-order valence-electron chi connectivity index (χ1n) is 7.80. The van der Waals surface area contributed by atoms with Gasteiger partial charge in [0.25, 0.3) is 0 Å². The van der Waals surface area contributed by atoms with Crippen LogP contribution >= 0.6 is 0 Å². The molecule has 1 saturated heterocycles. The second-order valence-corrected chi connectivity index (χ2v) is 6.40. The van der Waals surface area contributed by atoms with Gasteiger partial charge < -0.3 is 15.4 Å². The normalized spacial score (nSPS) is 22.2. The van der Waals surface area contributed by atoms with E-state index in [1.54, 1.807) is 0 Å². The van der Waals surface area contributed by atoms with Gasteiger partial charge in [-0.1, -0.05) is 0 Å². The van der Waals surface area contributed by atoms with Crippen molar-refractivity contribution < 1.29 is 27.1 Å². The summed E-state index contributed by atoms with van der Waals surface area (Å²) in [5.74, 6) is -1.45.